The van der Waals surface area contributed by atoms with Crippen molar-refractivity contribution in [3.05, 3.63) is 40.5 Å². The Morgan fingerprint density at radius 3 is 2.34 bits per heavy atom. The van der Waals surface area contributed by atoms with Crippen LogP contribution in [0.4, 0.5) is 9.39 Å². The van der Waals surface area contributed by atoms with Crippen LogP contribution in [-0.4, -0.2) is 22.9 Å². The van der Waals surface area contributed by atoms with Crippen LogP contribution in [0.25, 0.3) is 11.1 Å². The van der Waals surface area contributed by atoms with E-state index in [4.69, 9.17) is 5.73 Å². The number of benzene rings is 1. The minimum Gasteiger partial charge on any atom is -0.481 e. The maximum absolute atomic E-state index is 13.3. The van der Waals surface area contributed by atoms with E-state index in [9.17, 15) is 23.9 Å². The van der Waals surface area contributed by atoms with Gasteiger partial charge in [-0.2, -0.15) is 0 Å². The Bertz CT molecular complexity index is 1000. The molecule has 0 saturated heterocycles. The van der Waals surface area contributed by atoms with Gasteiger partial charge in [0, 0.05) is 10.4 Å². The summed E-state index contributed by atoms with van der Waals surface area (Å²) in [4.78, 5) is 37.7. The lowest BCUT2D eigenvalue weighted by Gasteiger charge is -2.26. The van der Waals surface area contributed by atoms with Gasteiger partial charge in [0.25, 0.3) is 5.91 Å². The van der Waals surface area contributed by atoms with Gasteiger partial charge in [0.15, 0.2) is 0 Å². The minimum atomic E-state index is -0.943. The van der Waals surface area contributed by atoms with E-state index >= 15 is 0 Å². The second-order valence-corrected chi connectivity index (χ2v) is 9.05. The number of carbonyl (C=O) groups is 3. The summed E-state index contributed by atoms with van der Waals surface area (Å²) in [5, 5.41) is 12.7. The maximum atomic E-state index is 13.3. The molecule has 0 unspecified atom stereocenters. The first-order valence-corrected chi connectivity index (χ1v) is 10.3. The summed E-state index contributed by atoms with van der Waals surface area (Å²) < 4.78 is 13.3. The van der Waals surface area contributed by atoms with Crippen LogP contribution >= 0.6 is 11.3 Å². The van der Waals surface area contributed by atoms with E-state index in [2.05, 4.69) is 5.32 Å². The number of fused-ring (bicyclic) bond motifs is 2. The molecule has 1 aromatic carbocycles. The number of rotatable bonds is 5. The zero-order valence-electron chi connectivity index (χ0n) is 15.8. The van der Waals surface area contributed by atoms with Gasteiger partial charge < -0.3 is 16.2 Å². The van der Waals surface area contributed by atoms with Gasteiger partial charge in [-0.25, -0.2) is 4.39 Å². The molecule has 2 aliphatic carbocycles. The van der Waals surface area contributed by atoms with Crippen molar-refractivity contribution in [1.82, 2.24) is 0 Å². The number of carboxylic acids is 1. The van der Waals surface area contributed by atoms with Crippen LogP contribution in [0, 0.1) is 36.4 Å². The molecule has 2 amide bonds. The van der Waals surface area contributed by atoms with E-state index < -0.39 is 29.5 Å². The molecule has 0 spiro atoms. The SMILES string of the molecule is Cc1sc(NC(=O)[C@@H]2[C@@H]3CC[C@@H](C3)[C@@H]2C(=O)O)c(C(N)=O)c1-c1ccc(F)cc1. The highest BCUT2D eigenvalue weighted by Gasteiger charge is 2.54. The van der Waals surface area contributed by atoms with E-state index in [0.717, 1.165) is 24.1 Å². The van der Waals surface area contributed by atoms with Gasteiger partial charge in [-0.15, -0.1) is 11.3 Å². The lowest BCUT2D eigenvalue weighted by molar-refractivity contribution is -0.148. The normalized spacial score (nSPS) is 25.2. The second kappa shape index (κ2) is 7.26. The lowest BCUT2D eigenvalue weighted by atomic mass is 9.78. The van der Waals surface area contributed by atoms with E-state index in [1.54, 1.807) is 19.1 Å². The highest BCUT2D eigenvalue weighted by atomic mass is 32.1. The van der Waals surface area contributed by atoms with Crippen LogP contribution in [0.2, 0.25) is 0 Å². The molecule has 1 aromatic heterocycles. The molecule has 29 heavy (non-hydrogen) atoms. The fraction of sp³-hybridized carbons (Fsp3) is 0.381. The summed E-state index contributed by atoms with van der Waals surface area (Å²) in [6, 6.07) is 5.70. The van der Waals surface area contributed by atoms with Crippen molar-refractivity contribution < 1.29 is 23.9 Å². The number of anilines is 1. The Morgan fingerprint density at radius 1 is 1.14 bits per heavy atom. The first-order chi connectivity index (χ1) is 13.8. The molecule has 4 N–H and O–H groups in total. The highest BCUT2D eigenvalue weighted by molar-refractivity contribution is 7.17. The molecule has 152 valence electrons. The van der Waals surface area contributed by atoms with Crippen molar-refractivity contribution in [2.24, 2.45) is 29.4 Å². The molecule has 4 atom stereocenters. The average molecular weight is 416 g/mol. The summed E-state index contributed by atoms with van der Waals surface area (Å²) >= 11 is 1.21. The molecule has 2 bridgehead atoms. The van der Waals surface area contributed by atoms with Crippen LogP contribution in [0.3, 0.4) is 0 Å². The van der Waals surface area contributed by atoms with Crippen molar-refractivity contribution in [2.45, 2.75) is 26.2 Å². The molecule has 1 heterocycles. The van der Waals surface area contributed by atoms with Gasteiger partial charge in [-0.3, -0.25) is 14.4 Å². The number of carbonyl (C=O) groups excluding carboxylic acids is 2. The molecule has 4 rings (SSSR count). The predicted molar refractivity (Wildman–Crippen MR) is 107 cm³/mol. The van der Waals surface area contributed by atoms with E-state index in [0.29, 0.717) is 16.1 Å². The molecule has 8 heteroatoms. The zero-order chi connectivity index (χ0) is 20.9. The zero-order valence-corrected chi connectivity index (χ0v) is 16.6. The van der Waals surface area contributed by atoms with E-state index in [1.807, 2.05) is 0 Å². The number of carboxylic acid groups (broad SMARTS) is 1. The number of aryl methyl sites for hydroxylation is 1. The molecular formula is C21H21FN2O4S. The molecule has 2 fully saturated rings. The summed E-state index contributed by atoms with van der Waals surface area (Å²) in [7, 11) is 0. The molecule has 2 aromatic rings. The molecule has 2 saturated carbocycles. The minimum absolute atomic E-state index is 0.0312. The summed E-state index contributed by atoms with van der Waals surface area (Å²) in [5.74, 6) is -3.63. The summed E-state index contributed by atoms with van der Waals surface area (Å²) in [5.41, 5.74) is 6.96. The fourth-order valence-electron chi connectivity index (χ4n) is 5.05. The van der Waals surface area contributed by atoms with Crippen molar-refractivity contribution in [2.75, 3.05) is 5.32 Å². The van der Waals surface area contributed by atoms with Gasteiger partial charge in [0.2, 0.25) is 5.91 Å². The standard InChI is InChI=1S/C21H21FN2O4S/c1-9-14(10-4-6-13(22)7-5-10)17(18(23)25)20(29-9)24-19(26)15-11-2-3-12(8-11)16(15)21(27)28/h4-7,11-12,15-16H,2-3,8H2,1H3,(H2,23,25)(H,24,26)(H,27,28)/t11-,12+,15-,16+/m1/s1. The number of aliphatic carboxylic acids is 1. The molecule has 2 aliphatic rings. The topological polar surface area (TPSA) is 109 Å². The fourth-order valence-corrected chi connectivity index (χ4v) is 6.14. The number of halogens is 1. The van der Waals surface area contributed by atoms with E-state index in [-0.39, 0.29) is 23.3 Å². The first kappa shape index (κ1) is 19.6. The Morgan fingerprint density at radius 2 is 1.76 bits per heavy atom. The Labute approximate surface area is 170 Å². The smallest absolute Gasteiger partial charge is 0.307 e. The number of nitrogens with one attached hydrogen (secondary N) is 1. The molecule has 6 nitrogen and oxygen atoms in total. The number of hydrogen-bond donors (Lipinski definition) is 3. The summed E-state index contributed by atoms with van der Waals surface area (Å²) in [6.45, 7) is 1.79. The maximum Gasteiger partial charge on any atom is 0.307 e. The summed E-state index contributed by atoms with van der Waals surface area (Å²) in [6.07, 6.45) is 2.44. The molecule has 0 aliphatic heterocycles. The largest absolute Gasteiger partial charge is 0.481 e. The Kier molecular flexibility index (Phi) is 4.90. The van der Waals surface area contributed by atoms with Gasteiger partial charge in [0.05, 0.1) is 17.4 Å². The van der Waals surface area contributed by atoms with Crippen molar-refractivity contribution in [1.29, 1.82) is 0 Å². The quantitative estimate of drug-likeness (QED) is 0.691. The van der Waals surface area contributed by atoms with Crippen LogP contribution in [0.5, 0.6) is 0 Å². The van der Waals surface area contributed by atoms with Gasteiger partial charge in [0.1, 0.15) is 10.8 Å². The second-order valence-electron chi connectivity index (χ2n) is 7.82. The number of amides is 2. The van der Waals surface area contributed by atoms with Crippen molar-refractivity contribution >= 4 is 34.1 Å². The van der Waals surface area contributed by atoms with Gasteiger partial charge in [-0.05, 0) is 55.7 Å². The average Bonchev–Trinajstić information content (AvgIpc) is 3.35. The molecule has 0 radical (unpaired) electrons. The third-order valence-electron chi connectivity index (χ3n) is 6.20. The lowest BCUT2D eigenvalue weighted by Crippen LogP contribution is -2.38. The number of primary amides is 1. The number of thiophene rings is 1. The first-order valence-electron chi connectivity index (χ1n) is 9.50. The Hall–Kier alpha value is -2.74. The van der Waals surface area contributed by atoms with Crippen LogP contribution < -0.4 is 11.1 Å². The Balaban J connectivity index is 1.68. The monoisotopic (exact) mass is 416 g/mol. The van der Waals surface area contributed by atoms with Crippen molar-refractivity contribution in [3.8, 4) is 11.1 Å². The van der Waals surface area contributed by atoms with Crippen LogP contribution in [0.15, 0.2) is 24.3 Å². The number of hydrogen-bond acceptors (Lipinski definition) is 4. The van der Waals surface area contributed by atoms with Gasteiger partial charge >= 0.3 is 5.97 Å². The third-order valence-corrected chi connectivity index (χ3v) is 7.23. The third kappa shape index (κ3) is 3.31. The molecular weight excluding hydrogens is 395 g/mol. The van der Waals surface area contributed by atoms with E-state index in [1.165, 1.54) is 23.5 Å². The highest BCUT2D eigenvalue weighted by Crippen LogP contribution is 2.53. The predicted octanol–water partition coefficient (Wildman–Crippen LogP) is 3.65. The van der Waals surface area contributed by atoms with Gasteiger partial charge in [-0.1, -0.05) is 12.1 Å². The van der Waals surface area contributed by atoms with Crippen LogP contribution in [-0.2, 0) is 9.59 Å². The van der Waals surface area contributed by atoms with Crippen molar-refractivity contribution in [3.63, 3.8) is 0 Å². The van der Waals surface area contributed by atoms with Crippen LogP contribution in [0.1, 0.15) is 34.5 Å². The number of nitrogens with two attached hydrogens (primary N) is 1.